The molecule has 0 saturated heterocycles. The lowest BCUT2D eigenvalue weighted by Crippen LogP contribution is -2.33. The van der Waals surface area contributed by atoms with Crippen LogP contribution in [-0.2, 0) is 10.0 Å². The van der Waals surface area contributed by atoms with Gasteiger partial charge in [0, 0.05) is 17.6 Å². The van der Waals surface area contributed by atoms with Crippen LogP contribution in [0.25, 0.3) is 0 Å². The molecule has 0 bridgehead atoms. The molecule has 0 saturated carbocycles. The Morgan fingerprint density at radius 3 is 2.45 bits per heavy atom. The highest BCUT2D eigenvalue weighted by Gasteiger charge is 2.18. The molecule has 1 amide bonds. The Balaban J connectivity index is 3.01. The summed E-state index contributed by atoms with van der Waals surface area (Å²) in [5.74, 6) is -0.277. The van der Waals surface area contributed by atoms with E-state index in [4.69, 9.17) is 0 Å². The highest BCUT2D eigenvalue weighted by molar-refractivity contribution is 7.89. The van der Waals surface area contributed by atoms with Crippen LogP contribution in [-0.4, -0.2) is 26.4 Å². The maximum Gasteiger partial charge on any atom is 0.251 e. The van der Waals surface area contributed by atoms with Gasteiger partial charge >= 0.3 is 0 Å². The fraction of sp³-hybridized carbons (Fsp3) is 0.500. The van der Waals surface area contributed by atoms with E-state index in [1.165, 1.54) is 12.1 Å². The van der Waals surface area contributed by atoms with E-state index in [0.717, 1.165) is 0 Å². The predicted octanol–water partition coefficient (Wildman–Crippen LogP) is 1.90. The van der Waals surface area contributed by atoms with Crippen molar-refractivity contribution in [3.8, 4) is 0 Å². The quantitative estimate of drug-likeness (QED) is 0.842. The van der Waals surface area contributed by atoms with Crippen molar-refractivity contribution in [1.29, 1.82) is 0 Å². The first-order valence-corrected chi connectivity index (χ1v) is 8.17. The minimum atomic E-state index is -3.59. The smallest absolute Gasteiger partial charge is 0.251 e. The molecule has 0 aliphatic heterocycles. The van der Waals surface area contributed by atoms with E-state index in [0.29, 0.717) is 12.0 Å². The van der Waals surface area contributed by atoms with Gasteiger partial charge in [0.05, 0.1) is 4.90 Å². The van der Waals surface area contributed by atoms with Crippen molar-refractivity contribution in [2.24, 2.45) is 0 Å². The average molecular weight is 298 g/mol. The SMILES string of the molecule is CCC(C)NS(=O)(=O)c1cccc(C(=O)NC(C)C)c1. The highest BCUT2D eigenvalue weighted by Crippen LogP contribution is 2.12. The van der Waals surface area contributed by atoms with Crippen molar-refractivity contribution in [3.63, 3.8) is 0 Å². The molecule has 0 radical (unpaired) electrons. The summed E-state index contributed by atoms with van der Waals surface area (Å²) in [6.45, 7) is 7.40. The topological polar surface area (TPSA) is 75.3 Å². The third-order valence-corrected chi connectivity index (χ3v) is 4.38. The number of nitrogens with one attached hydrogen (secondary N) is 2. The van der Waals surface area contributed by atoms with Crippen LogP contribution in [0.5, 0.6) is 0 Å². The van der Waals surface area contributed by atoms with Crippen molar-refractivity contribution in [2.45, 2.75) is 51.1 Å². The van der Waals surface area contributed by atoms with Crippen LogP contribution >= 0.6 is 0 Å². The van der Waals surface area contributed by atoms with Gasteiger partial charge in [-0.3, -0.25) is 4.79 Å². The van der Waals surface area contributed by atoms with E-state index < -0.39 is 10.0 Å². The Bertz CT molecular complexity index is 568. The monoisotopic (exact) mass is 298 g/mol. The van der Waals surface area contributed by atoms with Gasteiger partial charge in [-0.25, -0.2) is 13.1 Å². The third kappa shape index (κ3) is 4.61. The fourth-order valence-corrected chi connectivity index (χ4v) is 2.94. The maximum absolute atomic E-state index is 12.2. The second-order valence-electron chi connectivity index (χ2n) is 5.09. The first-order chi connectivity index (χ1) is 9.26. The van der Waals surface area contributed by atoms with Gasteiger partial charge < -0.3 is 5.32 Å². The summed E-state index contributed by atoms with van der Waals surface area (Å²) in [7, 11) is -3.59. The molecule has 0 spiro atoms. The summed E-state index contributed by atoms with van der Waals surface area (Å²) < 4.78 is 26.9. The van der Waals surface area contributed by atoms with Crippen molar-refractivity contribution < 1.29 is 13.2 Å². The molecule has 0 aliphatic rings. The van der Waals surface area contributed by atoms with E-state index >= 15 is 0 Å². The van der Waals surface area contributed by atoms with Crippen molar-refractivity contribution >= 4 is 15.9 Å². The largest absolute Gasteiger partial charge is 0.350 e. The zero-order chi connectivity index (χ0) is 15.3. The zero-order valence-corrected chi connectivity index (χ0v) is 13.1. The van der Waals surface area contributed by atoms with Gasteiger partial charge in [-0.05, 0) is 45.4 Å². The lowest BCUT2D eigenvalue weighted by atomic mass is 10.2. The van der Waals surface area contributed by atoms with Gasteiger partial charge in [-0.15, -0.1) is 0 Å². The lowest BCUT2D eigenvalue weighted by Gasteiger charge is -2.13. The van der Waals surface area contributed by atoms with E-state index in [1.54, 1.807) is 19.1 Å². The van der Waals surface area contributed by atoms with E-state index in [1.807, 2.05) is 20.8 Å². The maximum atomic E-state index is 12.2. The van der Waals surface area contributed by atoms with Crippen LogP contribution in [0.4, 0.5) is 0 Å². The predicted molar refractivity (Wildman–Crippen MR) is 79.1 cm³/mol. The second kappa shape index (κ2) is 6.85. The van der Waals surface area contributed by atoms with Crippen LogP contribution in [0.3, 0.4) is 0 Å². The molecule has 112 valence electrons. The molecule has 20 heavy (non-hydrogen) atoms. The number of rotatable bonds is 6. The number of carbonyl (C=O) groups excluding carboxylic acids is 1. The minimum Gasteiger partial charge on any atom is -0.350 e. The lowest BCUT2D eigenvalue weighted by molar-refractivity contribution is 0.0943. The molecule has 1 rings (SSSR count). The second-order valence-corrected chi connectivity index (χ2v) is 6.80. The molecule has 0 fully saturated rings. The molecular formula is C14H22N2O3S. The summed E-state index contributed by atoms with van der Waals surface area (Å²) in [4.78, 5) is 12.0. The number of carbonyl (C=O) groups is 1. The van der Waals surface area contributed by atoms with Crippen LogP contribution in [0.1, 0.15) is 44.5 Å². The molecule has 0 heterocycles. The number of hydrogen-bond acceptors (Lipinski definition) is 3. The number of benzene rings is 1. The van der Waals surface area contributed by atoms with Gasteiger partial charge in [-0.1, -0.05) is 13.0 Å². The number of amides is 1. The standard InChI is InChI=1S/C14H22N2O3S/c1-5-11(4)16-20(18,19)13-8-6-7-12(9-13)14(17)15-10(2)3/h6-11,16H,5H2,1-4H3,(H,15,17). The zero-order valence-electron chi connectivity index (χ0n) is 12.3. The Kier molecular flexibility index (Phi) is 5.71. The summed E-state index contributed by atoms with van der Waals surface area (Å²) in [5, 5.41) is 2.74. The Morgan fingerprint density at radius 2 is 1.90 bits per heavy atom. The van der Waals surface area contributed by atoms with Gasteiger partial charge in [0.2, 0.25) is 10.0 Å². The van der Waals surface area contributed by atoms with E-state index in [2.05, 4.69) is 10.0 Å². The van der Waals surface area contributed by atoms with Crippen LogP contribution in [0.15, 0.2) is 29.2 Å². The van der Waals surface area contributed by atoms with Crippen molar-refractivity contribution in [2.75, 3.05) is 0 Å². The highest BCUT2D eigenvalue weighted by atomic mass is 32.2. The molecule has 1 aromatic rings. The Hall–Kier alpha value is -1.40. The fourth-order valence-electron chi connectivity index (χ4n) is 1.57. The summed E-state index contributed by atoms with van der Waals surface area (Å²) in [5.41, 5.74) is 0.339. The van der Waals surface area contributed by atoms with Gasteiger partial charge in [-0.2, -0.15) is 0 Å². The summed E-state index contributed by atoms with van der Waals surface area (Å²) in [6, 6.07) is 5.90. The molecule has 5 nitrogen and oxygen atoms in total. The average Bonchev–Trinajstić information content (AvgIpc) is 2.37. The molecule has 0 aromatic heterocycles. The molecule has 1 unspecified atom stereocenters. The number of hydrogen-bond donors (Lipinski definition) is 2. The Morgan fingerprint density at radius 1 is 1.25 bits per heavy atom. The molecular weight excluding hydrogens is 276 g/mol. The van der Waals surface area contributed by atoms with Crippen LogP contribution in [0, 0.1) is 0 Å². The molecule has 0 aliphatic carbocycles. The molecule has 2 N–H and O–H groups in total. The first-order valence-electron chi connectivity index (χ1n) is 6.69. The normalized spacial score (nSPS) is 13.2. The number of sulfonamides is 1. The molecule has 6 heteroatoms. The van der Waals surface area contributed by atoms with Crippen molar-refractivity contribution in [3.05, 3.63) is 29.8 Å². The molecule has 1 aromatic carbocycles. The Labute approximate surface area is 120 Å². The van der Waals surface area contributed by atoms with Crippen LogP contribution in [0.2, 0.25) is 0 Å². The summed E-state index contributed by atoms with van der Waals surface area (Å²) >= 11 is 0. The van der Waals surface area contributed by atoms with Crippen LogP contribution < -0.4 is 10.0 Å². The van der Waals surface area contributed by atoms with Gasteiger partial charge in [0.1, 0.15) is 0 Å². The summed E-state index contributed by atoms with van der Waals surface area (Å²) in [6.07, 6.45) is 0.701. The van der Waals surface area contributed by atoms with Gasteiger partial charge in [0.25, 0.3) is 5.91 Å². The minimum absolute atomic E-state index is 0.000928. The third-order valence-electron chi connectivity index (χ3n) is 2.80. The first kappa shape index (κ1) is 16.7. The van der Waals surface area contributed by atoms with Crippen molar-refractivity contribution in [1.82, 2.24) is 10.0 Å². The van der Waals surface area contributed by atoms with Gasteiger partial charge in [0.15, 0.2) is 0 Å². The van der Waals surface area contributed by atoms with E-state index in [9.17, 15) is 13.2 Å². The van der Waals surface area contributed by atoms with E-state index in [-0.39, 0.29) is 22.9 Å². The molecule has 1 atom stereocenters.